The Morgan fingerprint density at radius 2 is 2.27 bits per heavy atom. The van der Waals surface area contributed by atoms with E-state index in [2.05, 4.69) is 11.9 Å². The third-order valence-corrected chi connectivity index (χ3v) is 1.99. The van der Waals surface area contributed by atoms with E-state index in [0.29, 0.717) is 6.61 Å². The highest BCUT2D eigenvalue weighted by atomic mass is 16.5. The average Bonchev–Trinajstić information content (AvgIpc) is 2.27. The second kappa shape index (κ2) is 6.09. The summed E-state index contributed by atoms with van der Waals surface area (Å²) in [7, 11) is 3.56. The summed E-state index contributed by atoms with van der Waals surface area (Å²) in [5, 5.41) is 3.09. The number of hydrogen-bond acceptors (Lipinski definition) is 3. The molecule has 15 heavy (non-hydrogen) atoms. The SMILES string of the molecule is C=CCOc1ccc(OC)cc1CNC. The largest absolute Gasteiger partial charge is 0.497 e. The molecule has 0 bridgehead atoms. The summed E-state index contributed by atoms with van der Waals surface area (Å²) in [5.74, 6) is 1.70. The van der Waals surface area contributed by atoms with Gasteiger partial charge in [0.25, 0.3) is 0 Å². The van der Waals surface area contributed by atoms with Gasteiger partial charge in [-0.15, -0.1) is 0 Å². The van der Waals surface area contributed by atoms with E-state index in [4.69, 9.17) is 9.47 Å². The molecule has 1 aromatic rings. The summed E-state index contributed by atoms with van der Waals surface area (Å²) in [5.41, 5.74) is 1.08. The maximum absolute atomic E-state index is 5.52. The van der Waals surface area contributed by atoms with Gasteiger partial charge >= 0.3 is 0 Å². The molecule has 0 unspecified atom stereocenters. The van der Waals surface area contributed by atoms with E-state index < -0.39 is 0 Å². The third-order valence-electron chi connectivity index (χ3n) is 1.99. The minimum Gasteiger partial charge on any atom is -0.497 e. The summed E-state index contributed by atoms with van der Waals surface area (Å²) in [6.45, 7) is 4.89. The molecule has 0 saturated carbocycles. The summed E-state index contributed by atoms with van der Waals surface area (Å²) in [6.07, 6.45) is 1.73. The molecule has 0 spiro atoms. The van der Waals surface area contributed by atoms with Crippen molar-refractivity contribution in [3.05, 3.63) is 36.4 Å². The molecule has 1 aromatic carbocycles. The van der Waals surface area contributed by atoms with E-state index in [0.717, 1.165) is 23.6 Å². The van der Waals surface area contributed by atoms with Gasteiger partial charge in [-0.05, 0) is 25.2 Å². The van der Waals surface area contributed by atoms with Crippen LogP contribution in [0.4, 0.5) is 0 Å². The van der Waals surface area contributed by atoms with Crippen LogP contribution in [-0.2, 0) is 6.54 Å². The van der Waals surface area contributed by atoms with Gasteiger partial charge in [0.2, 0.25) is 0 Å². The predicted molar refractivity (Wildman–Crippen MR) is 61.4 cm³/mol. The normalized spacial score (nSPS) is 9.73. The van der Waals surface area contributed by atoms with Crippen LogP contribution >= 0.6 is 0 Å². The lowest BCUT2D eigenvalue weighted by atomic mass is 10.2. The Labute approximate surface area is 90.7 Å². The molecule has 0 aliphatic heterocycles. The van der Waals surface area contributed by atoms with Crippen LogP contribution < -0.4 is 14.8 Å². The van der Waals surface area contributed by atoms with Gasteiger partial charge in [0, 0.05) is 12.1 Å². The zero-order valence-electron chi connectivity index (χ0n) is 9.25. The summed E-state index contributed by atoms with van der Waals surface area (Å²) in [6, 6.07) is 5.77. The highest BCUT2D eigenvalue weighted by Crippen LogP contribution is 2.24. The molecule has 1 rings (SSSR count). The summed E-state index contributed by atoms with van der Waals surface area (Å²) < 4.78 is 10.7. The van der Waals surface area contributed by atoms with Crippen molar-refractivity contribution in [1.82, 2.24) is 5.32 Å². The third kappa shape index (κ3) is 3.29. The Morgan fingerprint density at radius 1 is 1.47 bits per heavy atom. The Kier molecular flexibility index (Phi) is 4.71. The van der Waals surface area contributed by atoms with Crippen molar-refractivity contribution in [3.8, 4) is 11.5 Å². The van der Waals surface area contributed by atoms with E-state index in [1.807, 2.05) is 25.2 Å². The van der Waals surface area contributed by atoms with Crippen molar-refractivity contribution in [2.45, 2.75) is 6.54 Å². The van der Waals surface area contributed by atoms with Crippen LogP contribution in [0.1, 0.15) is 5.56 Å². The van der Waals surface area contributed by atoms with Crippen LogP contribution in [0.25, 0.3) is 0 Å². The molecule has 3 nitrogen and oxygen atoms in total. The number of hydrogen-bond donors (Lipinski definition) is 1. The van der Waals surface area contributed by atoms with Gasteiger partial charge in [0.1, 0.15) is 18.1 Å². The Hall–Kier alpha value is -1.48. The lowest BCUT2D eigenvalue weighted by Gasteiger charge is -2.11. The Morgan fingerprint density at radius 3 is 2.87 bits per heavy atom. The van der Waals surface area contributed by atoms with E-state index in [9.17, 15) is 0 Å². The number of methoxy groups -OCH3 is 1. The van der Waals surface area contributed by atoms with Crippen molar-refractivity contribution in [3.63, 3.8) is 0 Å². The van der Waals surface area contributed by atoms with Crippen LogP contribution in [0.15, 0.2) is 30.9 Å². The van der Waals surface area contributed by atoms with E-state index in [1.54, 1.807) is 13.2 Å². The first kappa shape index (κ1) is 11.6. The molecule has 3 heteroatoms. The fraction of sp³-hybridized carbons (Fsp3) is 0.333. The molecule has 0 aliphatic rings. The highest BCUT2D eigenvalue weighted by molar-refractivity contribution is 5.40. The van der Waals surface area contributed by atoms with Gasteiger partial charge in [0.15, 0.2) is 0 Å². The zero-order valence-corrected chi connectivity index (χ0v) is 9.25. The van der Waals surface area contributed by atoms with Crippen LogP contribution in [0.5, 0.6) is 11.5 Å². The van der Waals surface area contributed by atoms with Crippen LogP contribution in [-0.4, -0.2) is 20.8 Å². The first-order valence-electron chi connectivity index (χ1n) is 4.87. The number of nitrogens with one attached hydrogen (secondary N) is 1. The standard InChI is InChI=1S/C12H17NO2/c1-4-7-15-12-6-5-11(14-3)8-10(12)9-13-2/h4-6,8,13H,1,7,9H2,2-3H3. The number of ether oxygens (including phenoxy) is 2. The minimum atomic E-state index is 0.517. The summed E-state index contributed by atoms with van der Waals surface area (Å²) >= 11 is 0. The highest BCUT2D eigenvalue weighted by Gasteiger charge is 2.04. The molecular formula is C12H17NO2. The van der Waals surface area contributed by atoms with Gasteiger partial charge in [-0.1, -0.05) is 12.7 Å². The van der Waals surface area contributed by atoms with Gasteiger partial charge in [-0.2, -0.15) is 0 Å². The van der Waals surface area contributed by atoms with E-state index in [1.165, 1.54) is 0 Å². The van der Waals surface area contributed by atoms with Crippen molar-refractivity contribution in [1.29, 1.82) is 0 Å². The fourth-order valence-electron chi connectivity index (χ4n) is 1.30. The second-order valence-corrected chi connectivity index (χ2v) is 3.10. The van der Waals surface area contributed by atoms with Crippen molar-refractivity contribution >= 4 is 0 Å². The second-order valence-electron chi connectivity index (χ2n) is 3.10. The van der Waals surface area contributed by atoms with Crippen molar-refractivity contribution in [2.75, 3.05) is 20.8 Å². The molecule has 0 aliphatic carbocycles. The molecule has 0 heterocycles. The molecule has 0 fully saturated rings. The first-order chi connectivity index (χ1) is 7.31. The topological polar surface area (TPSA) is 30.5 Å². The lowest BCUT2D eigenvalue weighted by molar-refractivity contribution is 0.356. The molecular weight excluding hydrogens is 190 g/mol. The molecule has 0 amide bonds. The van der Waals surface area contributed by atoms with Crippen molar-refractivity contribution in [2.24, 2.45) is 0 Å². The predicted octanol–water partition coefficient (Wildman–Crippen LogP) is 1.98. The van der Waals surface area contributed by atoms with Gasteiger partial charge in [-0.3, -0.25) is 0 Å². The van der Waals surface area contributed by atoms with Gasteiger partial charge in [0.05, 0.1) is 7.11 Å². The van der Waals surface area contributed by atoms with Crippen molar-refractivity contribution < 1.29 is 9.47 Å². The molecule has 0 aromatic heterocycles. The minimum absolute atomic E-state index is 0.517. The molecule has 0 atom stereocenters. The fourth-order valence-corrected chi connectivity index (χ4v) is 1.30. The van der Waals surface area contributed by atoms with Crippen LogP contribution in [0, 0.1) is 0 Å². The maximum Gasteiger partial charge on any atom is 0.124 e. The van der Waals surface area contributed by atoms with E-state index in [-0.39, 0.29) is 0 Å². The van der Waals surface area contributed by atoms with E-state index >= 15 is 0 Å². The molecule has 0 radical (unpaired) electrons. The number of rotatable bonds is 6. The lowest BCUT2D eigenvalue weighted by Crippen LogP contribution is -2.07. The Bertz CT molecular complexity index is 323. The van der Waals surface area contributed by atoms with Gasteiger partial charge < -0.3 is 14.8 Å². The first-order valence-corrected chi connectivity index (χ1v) is 4.87. The smallest absolute Gasteiger partial charge is 0.124 e. The van der Waals surface area contributed by atoms with Crippen LogP contribution in [0.3, 0.4) is 0 Å². The molecule has 82 valence electrons. The van der Waals surface area contributed by atoms with Gasteiger partial charge in [-0.25, -0.2) is 0 Å². The summed E-state index contributed by atoms with van der Waals surface area (Å²) in [4.78, 5) is 0. The Balaban J connectivity index is 2.87. The average molecular weight is 207 g/mol. The zero-order chi connectivity index (χ0) is 11.1. The number of benzene rings is 1. The van der Waals surface area contributed by atoms with Crippen LogP contribution in [0.2, 0.25) is 0 Å². The monoisotopic (exact) mass is 207 g/mol. The molecule has 0 saturated heterocycles. The molecule has 1 N–H and O–H groups in total. The quantitative estimate of drug-likeness (QED) is 0.723. The maximum atomic E-state index is 5.52.